The molecule has 24 heavy (non-hydrogen) atoms. The van der Waals surface area contributed by atoms with Gasteiger partial charge in [-0.15, -0.1) is 0 Å². The molecular formula is C18H23N2O3P. The minimum absolute atomic E-state index is 0.288. The lowest BCUT2D eigenvalue weighted by Gasteiger charge is -2.19. The molecule has 2 aromatic carbocycles. The van der Waals surface area contributed by atoms with Gasteiger partial charge in [0.1, 0.15) is 0 Å². The normalized spacial score (nSPS) is 12.2. The van der Waals surface area contributed by atoms with E-state index in [1.165, 1.54) is 0 Å². The molecule has 0 aliphatic heterocycles. The van der Waals surface area contributed by atoms with Gasteiger partial charge in [-0.1, -0.05) is 48.5 Å². The molecule has 5 nitrogen and oxygen atoms in total. The van der Waals surface area contributed by atoms with E-state index in [0.717, 1.165) is 11.3 Å². The lowest BCUT2D eigenvalue weighted by molar-refractivity contribution is 0.232. The molecule has 0 atom stereocenters. The van der Waals surface area contributed by atoms with Gasteiger partial charge in [-0.3, -0.25) is 9.99 Å². The Bertz CT molecular complexity index is 680. The summed E-state index contributed by atoms with van der Waals surface area (Å²) in [4.78, 5) is 0. The summed E-state index contributed by atoms with van der Waals surface area (Å²) in [6.45, 7) is 4.15. The maximum Gasteiger partial charge on any atom is 0.377 e. The van der Waals surface area contributed by atoms with Crippen LogP contribution in [0.15, 0.2) is 65.8 Å². The van der Waals surface area contributed by atoms with E-state index in [2.05, 4.69) is 10.5 Å². The predicted molar refractivity (Wildman–Crippen MR) is 98.5 cm³/mol. The largest absolute Gasteiger partial charge is 0.377 e. The van der Waals surface area contributed by atoms with Gasteiger partial charge in [0.15, 0.2) is 5.45 Å². The van der Waals surface area contributed by atoms with Gasteiger partial charge in [0.25, 0.3) is 0 Å². The zero-order chi connectivity index (χ0) is 17.3. The fourth-order valence-electron chi connectivity index (χ4n) is 2.14. The van der Waals surface area contributed by atoms with Crippen LogP contribution in [-0.2, 0) is 20.0 Å². The number of hydrogen-bond acceptors (Lipinski definition) is 5. The molecule has 0 heterocycles. The number of hydrazone groups is 1. The van der Waals surface area contributed by atoms with Gasteiger partial charge in [-0.25, -0.2) is 0 Å². The molecule has 0 spiro atoms. The van der Waals surface area contributed by atoms with Crippen LogP contribution in [0.25, 0.3) is 0 Å². The first-order valence-electron chi connectivity index (χ1n) is 7.99. The first-order chi connectivity index (χ1) is 11.7. The van der Waals surface area contributed by atoms with E-state index in [1.54, 1.807) is 13.8 Å². The molecule has 0 aliphatic rings. The molecule has 2 rings (SSSR count). The molecule has 0 saturated carbocycles. The molecule has 0 aromatic heterocycles. The van der Waals surface area contributed by atoms with Crippen LogP contribution in [0.1, 0.15) is 19.4 Å². The quantitative estimate of drug-likeness (QED) is 0.398. The summed E-state index contributed by atoms with van der Waals surface area (Å²) in [6, 6.07) is 19.2. The third-order valence-electron chi connectivity index (χ3n) is 3.21. The predicted octanol–water partition coefficient (Wildman–Crippen LogP) is 4.92. The molecule has 128 valence electrons. The molecular weight excluding hydrogens is 323 g/mol. The molecule has 0 bridgehead atoms. The molecule has 6 heteroatoms. The average molecular weight is 346 g/mol. The van der Waals surface area contributed by atoms with Crippen molar-refractivity contribution in [1.82, 2.24) is 0 Å². The Morgan fingerprint density at radius 2 is 1.50 bits per heavy atom. The van der Waals surface area contributed by atoms with Crippen LogP contribution in [0, 0.1) is 0 Å². The summed E-state index contributed by atoms with van der Waals surface area (Å²) in [6.07, 6.45) is 0.387. The second-order valence-electron chi connectivity index (χ2n) is 5.00. The molecule has 1 N–H and O–H groups in total. The maximum absolute atomic E-state index is 13.1. The maximum atomic E-state index is 13.1. The SMILES string of the molecule is CCOP(=O)(OCC)/C(Cc1ccccc1)=N\Nc1ccccc1. The number of nitrogens with one attached hydrogen (secondary N) is 1. The monoisotopic (exact) mass is 346 g/mol. The van der Waals surface area contributed by atoms with Crippen LogP contribution in [0.2, 0.25) is 0 Å². The second kappa shape index (κ2) is 9.38. The molecule has 0 unspecified atom stereocenters. The highest BCUT2D eigenvalue weighted by molar-refractivity contribution is 7.72. The summed E-state index contributed by atoms with van der Waals surface area (Å²) in [5.74, 6) is 0. The van der Waals surface area contributed by atoms with Crippen molar-refractivity contribution in [3.8, 4) is 0 Å². The van der Waals surface area contributed by atoms with E-state index in [9.17, 15) is 4.57 Å². The van der Waals surface area contributed by atoms with Crippen LogP contribution >= 0.6 is 7.60 Å². The lowest BCUT2D eigenvalue weighted by atomic mass is 10.2. The van der Waals surface area contributed by atoms with Crippen molar-refractivity contribution < 1.29 is 13.6 Å². The topological polar surface area (TPSA) is 59.9 Å². The van der Waals surface area contributed by atoms with Crippen molar-refractivity contribution in [2.45, 2.75) is 20.3 Å². The van der Waals surface area contributed by atoms with E-state index >= 15 is 0 Å². The van der Waals surface area contributed by atoms with E-state index in [-0.39, 0.29) is 13.2 Å². The van der Waals surface area contributed by atoms with Crippen molar-refractivity contribution >= 4 is 18.7 Å². The van der Waals surface area contributed by atoms with Gasteiger partial charge in [0, 0.05) is 6.42 Å². The number of hydrogen-bond donors (Lipinski definition) is 1. The van der Waals surface area contributed by atoms with E-state index in [4.69, 9.17) is 9.05 Å². The Hall–Kier alpha value is -1.94. The molecule has 0 amide bonds. The van der Waals surface area contributed by atoms with Crippen LogP contribution < -0.4 is 5.43 Å². The average Bonchev–Trinajstić information content (AvgIpc) is 2.61. The third kappa shape index (κ3) is 5.31. The van der Waals surface area contributed by atoms with E-state index in [1.807, 2.05) is 60.7 Å². The third-order valence-corrected chi connectivity index (χ3v) is 5.29. The zero-order valence-electron chi connectivity index (χ0n) is 14.0. The molecule has 2 aromatic rings. The molecule has 0 fully saturated rings. The molecule has 0 radical (unpaired) electrons. The summed E-state index contributed by atoms with van der Waals surface area (Å²) in [5.41, 5.74) is 5.10. The first kappa shape index (κ1) is 18.4. The van der Waals surface area contributed by atoms with E-state index < -0.39 is 7.60 Å². The Kier molecular flexibility index (Phi) is 7.19. The summed E-state index contributed by atoms with van der Waals surface area (Å²) < 4.78 is 24.0. The van der Waals surface area contributed by atoms with Crippen molar-refractivity contribution in [2.24, 2.45) is 5.10 Å². The Balaban J connectivity index is 2.30. The number of benzene rings is 2. The fourth-order valence-corrected chi connectivity index (χ4v) is 3.75. The van der Waals surface area contributed by atoms with Crippen LogP contribution in [-0.4, -0.2) is 18.7 Å². The smallest absolute Gasteiger partial charge is 0.305 e. The summed E-state index contributed by atoms with van der Waals surface area (Å²) >= 11 is 0. The van der Waals surface area contributed by atoms with Gasteiger partial charge in [-0.2, -0.15) is 5.10 Å². The van der Waals surface area contributed by atoms with Crippen molar-refractivity contribution in [3.63, 3.8) is 0 Å². The van der Waals surface area contributed by atoms with Gasteiger partial charge in [0.05, 0.1) is 18.9 Å². The Morgan fingerprint density at radius 1 is 0.958 bits per heavy atom. The standard InChI is InChI=1S/C18H23N2O3P/c1-3-22-24(21,23-4-2)18(15-16-11-7-5-8-12-16)20-19-17-13-9-6-10-14-17/h5-14,19H,3-4,15H2,1-2H3/b20-18-. The highest BCUT2D eigenvalue weighted by Gasteiger charge is 2.31. The van der Waals surface area contributed by atoms with Gasteiger partial charge in [-0.05, 0) is 31.5 Å². The fraction of sp³-hybridized carbons (Fsp3) is 0.278. The first-order valence-corrected chi connectivity index (χ1v) is 9.53. The van der Waals surface area contributed by atoms with Gasteiger partial charge in [0.2, 0.25) is 0 Å². The van der Waals surface area contributed by atoms with Crippen LogP contribution in [0.3, 0.4) is 0 Å². The van der Waals surface area contributed by atoms with E-state index in [0.29, 0.717) is 11.9 Å². The highest BCUT2D eigenvalue weighted by atomic mass is 31.2. The lowest BCUT2D eigenvalue weighted by Crippen LogP contribution is -2.12. The van der Waals surface area contributed by atoms with Crippen LogP contribution in [0.5, 0.6) is 0 Å². The zero-order valence-corrected chi connectivity index (χ0v) is 14.9. The molecule has 0 saturated heterocycles. The van der Waals surface area contributed by atoms with Crippen molar-refractivity contribution in [2.75, 3.05) is 18.6 Å². The number of para-hydroxylation sites is 1. The Labute approximate surface area is 143 Å². The highest BCUT2D eigenvalue weighted by Crippen LogP contribution is 2.50. The second-order valence-corrected chi connectivity index (χ2v) is 7.03. The molecule has 0 aliphatic carbocycles. The minimum Gasteiger partial charge on any atom is -0.305 e. The Morgan fingerprint density at radius 3 is 2.04 bits per heavy atom. The van der Waals surface area contributed by atoms with Crippen LogP contribution in [0.4, 0.5) is 5.69 Å². The number of nitrogens with zero attached hydrogens (tertiary/aromatic N) is 1. The summed E-state index contributed by atoms with van der Waals surface area (Å²) in [5, 5.41) is 4.35. The van der Waals surface area contributed by atoms with Crippen molar-refractivity contribution in [3.05, 3.63) is 66.2 Å². The number of anilines is 1. The number of rotatable bonds is 9. The minimum atomic E-state index is -3.44. The summed E-state index contributed by atoms with van der Waals surface area (Å²) in [7, 11) is -3.44. The van der Waals surface area contributed by atoms with Gasteiger partial charge < -0.3 is 9.05 Å². The van der Waals surface area contributed by atoms with Crippen molar-refractivity contribution in [1.29, 1.82) is 0 Å². The van der Waals surface area contributed by atoms with Gasteiger partial charge >= 0.3 is 7.60 Å².